The van der Waals surface area contributed by atoms with Crippen LogP contribution in [-0.4, -0.2) is 35.3 Å². The lowest BCUT2D eigenvalue weighted by Gasteiger charge is -2.09. The zero-order chi connectivity index (χ0) is 14.1. The van der Waals surface area contributed by atoms with Gasteiger partial charge in [0.15, 0.2) is 0 Å². The van der Waals surface area contributed by atoms with Gasteiger partial charge in [-0.15, -0.1) is 0 Å². The third-order valence-corrected chi connectivity index (χ3v) is 4.17. The summed E-state index contributed by atoms with van der Waals surface area (Å²) < 4.78 is 27.8. The molecule has 0 amide bonds. The summed E-state index contributed by atoms with van der Waals surface area (Å²) in [5.74, 6) is -1.07. The Morgan fingerprint density at radius 3 is 2.44 bits per heavy atom. The van der Waals surface area contributed by atoms with Crippen LogP contribution < -0.4 is 4.72 Å². The van der Waals surface area contributed by atoms with Gasteiger partial charge in [-0.2, -0.15) is 5.10 Å². The molecule has 0 fully saturated rings. The van der Waals surface area contributed by atoms with E-state index >= 15 is 0 Å². The zero-order valence-electron chi connectivity index (χ0n) is 10.8. The number of carbonyl (C=O) groups is 1. The summed E-state index contributed by atoms with van der Waals surface area (Å²) in [6.45, 7) is 6.15. The number of aromatic nitrogens is 2. The van der Waals surface area contributed by atoms with E-state index in [0.717, 1.165) is 0 Å². The summed E-state index contributed by atoms with van der Waals surface area (Å²) in [5.41, 5.74) is 0.616. The van der Waals surface area contributed by atoms with Crippen LogP contribution >= 0.6 is 0 Å². The summed E-state index contributed by atoms with van der Waals surface area (Å²) >= 11 is 0. The molecule has 0 radical (unpaired) electrons. The largest absolute Gasteiger partial charge is 0.480 e. The van der Waals surface area contributed by atoms with Crippen LogP contribution in [0.4, 0.5) is 0 Å². The molecule has 1 heterocycles. The van der Waals surface area contributed by atoms with E-state index in [1.165, 1.54) is 11.6 Å². The van der Waals surface area contributed by atoms with E-state index in [1.54, 1.807) is 20.8 Å². The Morgan fingerprint density at radius 2 is 2.00 bits per heavy atom. The first-order valence-corrected chi connectivity index (χ1v) is 6.91. The molecule has 18 heavy (non-hydrogen) atoms. The fourth-order valence-electron chi connectivity index (χ4n) is 1.72. The second-order valence-corrected chi connectivity index (χ2v) is 5.98. The van der Waals surface area contributed by atoms with Gasteiger partial charge in [0.25, 0.3) is 0 Å². The lowest BCUT2D eigenvalue weighted by atomic mass is 10.4. The smallest absolute Gasteiger partial charge is 0.325 e. The van der Waals surface area contributed by atoms with Crippen molar-refractivity contribution in [3.8, 4) is 0 Å². The second kappa shape index (κ2) is 5.07. The molecule has 0 saturated heterocycles. The van der Waals surface area contributed by atoms with Crippen molar-refractivity contribution in [1.82, 2.24) is 14.5 Å². The van der Waals surface area contributed by atoms with E-state index in [4.69, 9.17) is 5.11 Å². The minimum atomic E-state index is -3.66. The molecule has 1 aromatic rings. The highest BCUT2D eigenvalue weighted by atomic mass is 32.2. The molecule has 0 saturated carbocycles. The van der Waals surface area contributed by atoms with Crippen molar-refractivity contribution in [3.63, 3.8) is 0 Å². The first-order chi connectivity index (χ1) is 8.15. The van der Waals surface area contributed by atoms with Crippen molar-refractivity contribution in [2.45, 2.75) is 45.2 Å². The topological polar surface area (TPSA) is 101 Å². The molecule has 0 aliphatic rings. The lowest BCUT2D eigenvalue weighted by molar-refractivity contribution is -0.137. The highest BCUT2D eigenvalue weighted by Gasteiger charge is 2.25. The van der Waals surface area contributed by atoms with Crippen LogP contribution in [0.15, 0.2) is 4.90 Å². The number of carboxylic acids is 1. The quantitative estimate of drug-likeness (QED) is 0.803. The first-order valence-electron chi connectivity index (χ1n) is 5.43. The van der Waals surface area contributed by atoms with Crippen molar-refractivity contribution in [1.29, 1.82) is 0 Å². The van der Waals surface area contributed by atoms with Crippen LogP contribution in [0.1, 0.15) is 25.2 Å². The molecule has 102 valence electrons. The number of rotatable bonds is 5. The Balaban J connectivity index is 3.26. The number of carboxylic acid groups (broad SMARTS) is 1. The Kier molecular flexibility index (Phi) is 4.12. The molecule has 1 aromatic heterocycles. The predicted octanol–water partition coefficient (Wildman–Crippen LogP) is 0.271. The minimum Gasteiger partial charge on any atom is -0.480 e. The monoisotopic (exact) mass is 275 g/mol. The van der Waals surface area contributed by atoms with E-state index in [9.17, 15) is 13.2 Å². The Hall–Kier alpha value is -1.41. The van der Waals surface area contributed by atoms with Gasteiger partial charge >= 0.3 is 5.97 Å². The van der Waals surface area contributed by atoms with E-state index in [2.05, 4.69) is 9.82 Å². The molecule has 0 unspecified atom stereocenters. The van der Waals surface area contributed by atoms with Crippen LogP contribution in [0.2, 0.25) is 0 Å². The summed E-state index contributed by atoms with van der Waals surface area (Å²) in [6, 6.07) is -0.239. The number of nitrogens with zero attached hydrogens (tertiary/aromatic N) is 2. The third kappa shape index (κ3) is 3.08. The summed E-state index contributed by atoms with van der Waals surface area (Å²) in [6.07, 6.45) is 0. The van der Waals surface area contributed by atoms with Gasteiger partial charge in [0, 0.05) is 6.04 Å². The van der Waals surface area contributed by atoms with Gasteiger partial charge in [0.05, 0.1) is 11.4 Å². The number of sulfonamides is 1. The van der Waals surface area contributed by atoms with Crippen LogP contribution in [0.5, 0.6) is 0 Å². The van der Waals surface area contributed by atoms with Crippen molar-refractivity contribution in [2.24, 2.45) is 0 Å². The van der Waals surface area contributed by atoms with Gasteiger partial charge in [-0.05, 0) is 27.7 Å². The normalized spacial score (nSPS) is 12.1. The van der Waals surface area contributed by atoms with E-state index in [-0.39, 0.29) is 17.5 Å². The van der Waals surface area contributed by atoms with Gasteiger partial charge in [0.2, 0.25) is 10.0 Å². The fourth-order valence-corrected chi connectivity index (χ4v) is 3.38. The second-order valence-electron chi connectivity index (χ2n) is 4.33. The summed E-state index contributed by atoms with van der Waals surface area (Å²) in [4.78, 5) is 10.7. The number of nitrogens with one attached hydrogen (secondary N) is 1. The maximum absolute atomic E-state index is 12.1. The molecule has 0 bridgehead atoms. The maximum atomic E-state index is 12.1. The average molecular weight is 275 g/mol. The third-order valence-electron chi connectivity index (χ3n) is 2.26. The molecule has 1 rings (SSSR count). The van der Waals surface area contributed by atoms with Crippen LogP contribution in [0.3, 0.4) is 0 Å². The van der Waals surface area contributed by atoms with Gasteiger partial charge in [0.1, 0.15) is 11.4 Å². The number of hydrogen-bond donors (Lipinski definition) is 2. The Morgan fingerprint density at radius 1 is 1.44 bits per heavy atom. The number of hydrogen-bond acceptors (Lipinski definition) is 4. The number of aliphatic carboxylic acids is 1. The van der Waals surface area contributed by atoms with Gasteiger partial charge in [-0.1, -0.05) is 0 Å². The molecule has 2 N–H and O–H groups in total. The predicted molar refractivity (Wildman–Crippen MR) is 64.8 cm³/mol. The molecule has 0 spiro atoms. The lowest BCUT2D eigenvalue weighted by Crippen LogP contribution is -2.31. The SMILES string of the molecule is Cc1nn(CC(=O)O)c(C)c1S(=O)(=O)NC(C)C. The molecular formula is C10H17N3O4S. The first kappa shape index (κ1) is 14.7. The van der Waals surface area contributed by atoms with Crippen molar-refractivity contribution >= 4 is 16.0 Å². The molecule has 8 heteroatoms. The average Bonchev–Trinajstić information content (AvgIpc) is 2.38. The van der Waals surface area contributed by atoms with Crippen molar-refractivity contribution in [2.75, 3.05) is 0 Å². The van der Waals surface area contributed by atoms with Gasteiger partial charge < -0.3 is 5.11 Å². The molecule has 7 nitrogen and oxygen atoms in total. The number of aryl methyl sites for hydroxylation is 1. The molecule has 0 aromatic carbocycles. The van der Waals surface area contributed by atoms with Gasteiger partial charge in [-0.25, -0.2) is 13.1 Å². The summed E-state index contributed by atoms with van der Waals surface area (Å²) in [5, 5.41) is 12.7. The molecule has 0 aliphatic heterocycles. The van der Waals surface area contributed by atoms with Crippen LogP contribution in [-0.2, 0) is 21.4 Å². The molecule has 0 atom stereocenters. The van der Waals surface area contributed by atoms with E-state index < -0.39 is 16.0 Å². The zero-order valence-corrected chi connectivity index (χ0v) is 11.6. The maximum Gasteiger partial charge on any atom is 0.325 e. The highest BCUT2D eigenvalue weighted by Crippen LogP contribution is 2.19. The standard InChI is InChI=1S/C10H17N3O4S/c1-6(2)12-18(16,17)10-7(3)11-13(8(10)4)5-9(14)15/h6,12H,5H2,1-4H3,(H,14,15). The van der Waals surface area contributed by atoms with E-state index in [1.807, 2.05) is 0 Å². The van der Waals surface area contributed by atoms with Crippen molar-refractivity contribution < 1.29 is 18.3 Å². The van der Waals surface area contributed by atoms with Crippen molar-refractivity contribution in [3.05, 3.63) is 11.4 Å². The summed E-state index contributed by atoms with van der Waals surface area (Å²) in [7, 11) is -3.66. The minimum absolute atomic E-state index is 0.0532. The van der Waals surface area contributed by atoms with Crippen LogP contribution in [0.25, 0.3) is 0 Å². The Labute approximate surface area is 106 Å². The van der Waals surface area contributed by atoms with E-state index in [0.29, 0.717) is 11.4 Å². The molecule has 0 aliphatic carbocycles. The van der Waals surface area contributed by atoms with Gasteiger partial charge in [-0.3, -0.25) is 9.48 Å². The fraction of sp³-hybridized carbons (Fsp3) is 0.600. The molecular weight excluding hydrogens is 258 g/mol. The highest BCUT2D eigenvalue weighted by molar-refractivity contribution is 7.89. The van der Waals surface area contributed by atoms with Crippen LogP contribution in [0, 0.1) is 13.8 Å². The Bertz CT molecular complexity index is 560.